The first-order chi connectivity index (χ1) is 5.54. The van der Waals surface area contributed by atoms with Gasteiger partial charge in [0.05, 0.1) is 11.0 Å². The van der Waals surface area contributed by atoms with E-state index in [1.807, 2.05) is 0 Å². The van der Waals surface area contributed by atoms with Gasteiger partial charge in [0.25, 0.3) is 0 Å². The highest BCUT2D eigenvalue weighted by Gasteiger charge is 2.18. The first kappa shape index (κ1) is 11.9. The second kappa shape index (κ2) is 5.50. The van der Waals surface area contributed by atoms with Crippen LogP contribution in [-0.4, -0.2) is 37.7 Å². The fraction of sp³-hybridized carbons (Fsp3) is 1.00. The topological polar surface area (TPSA) is 80.4 Å². The molecule has 1 atom stereocenters. The van der Waals surface area contributed by atoms with E-state index >= 15 is 0 Å². The Morgan fingerprint density at radius 3 is 2.50 bits per heavy atom. The van der Waals surface area contributed by atoms with Gasteiger partial charge in [-0.05, 0) is 26.3 Å². The molecular weight excluding hydrogens is 178 g/mol. The lowest BCUT2D eigenvalue weighted by atomic mass is 10.3. The van der Waals surface area contributed by atoms with Crippen LogP contribution in [0.25, 0.3) is 0 Å². The Morgan fingerprint density at radius 2 is 2.08 bits per heavy atom. The summed E-state index contributed by atoms with van der Waals surface area (Å²) in [5.41, 5.74) is 5.24. The van der Waals surface area contributed by atoms with E-state index in [0.29, 0.717) is 19.4 Å². The van der Waals surface area contributed by atoms with Crippen molar-refractivity contribution in [2.24, 2.45) is 5.73 Å². The lowest BCUT2D eigenvalue weighted by Gasteiger charge is -2.10. The number of hydrogen-bond donors (Lipinski definition) is 2. The predicted molar refractivity (Wildman–Crippen MR) is 48.6 cm³/mol. The molecule has 4 nitrogen and oxygen atoms in total. The van der Waals surface area contributed by atoms with Crippen LogP contribution in [0.1, 0.15) is 19.8 Å². The first-order valence-electron chi connectivity index (χ1n) is 4.07. The maximum absolute atomic E-state index is 11.3. The summed E-state index contributed by atoms with van der Waals surface area (Å²) in [5, 5.41) is 8.07. The number of aliphatic hydroxyl groups excluding tert-OH is 1. The van der Waals surface area contributed by atoms with Gasteiger partial charge in [-0.3, -0.25) is 0 Å². The van der Waals surface area contributed by atoms with Crippen LogP contribution in [0.2, 0.25) is 0 Å². The van der Waals surface area contributed by atoms with E-state index in [9.17, 15) is 8.42 Å². The summed E-state index contributed by atoms with van der Waals surface area (Å²) in [7, 11) is -3.02. The van der Waals surface area contributed by atoms with Crippen LogP contribution in [0, 0.1) is 0 Å². The minimum atomic E-state index is -3.02. The molecule has 0 amide bonds. The van der Waals surface area contributed by atoms with Crippen LogP contribution in [0.3, 0.4) is 0 Å². The Labute approximate surface area is 73.7 Å². The van der Waals surface area contributed by atoms with Crippen LogP contribution in [0.15, 0.2) is 0 Å². The molecule has 0 bridgehead atoms. The Hall–Kier alpha value is -0.130. The van der Waals surface area contributed by atoms with Gasteiger partial charge >= 0.3 is 0 Å². The van der Waals surface area contributed by atoms with Gasteiger partial charge in [-0.2, -0.15) is 0 Å². The van der Waals surface area contributed by atoms with Gasteiger partial charge in [0.1, 0.15) is 0 Å². The average Bonchev–Trinajstić information content (AvgIpc) is 2.01. The van der Waals surface area contributed by atoms with Gasteiger partial charge in [0, 0.05) is 6.61 Å². The maximum atomic E-state index is 11.3. The monoisotopic (exact) mass is 195 g/mol. The van der Waals surface area contributed by atoms with Gasteiger partial charge in [0.2, 0.25) is 0 Å². The molecule has 0 rings (SSSR count). The Kier molecular flexibility index (Phi) is 5.44. The quantitative estimate of drug-likeness (QED) is 0.600. The smallest absolute Gasteiger partial charge is 0.153 e. The molecule has 0 radical (unpaired) electrons. The molecule has 0 heterocycles. The van der Waals surface area contributed by atoms with Gasteiger partial charge < -0.3 is 10.8 Å². The third kappa shape index (κ3) is 4.04. The first-order valence-corrected chi connectivity index (χ1v) is 5.78. The summed E-state index contributed by atoms with van der Waals surface area (Å²) in [6.45, 7) is 1.97. The summed E-state index contributed by atoms with van der Waals surface area (Å²) in [6.07, 6.45) is 0.811. The number of rotatable bonds is 6. The molecular formula is C7H17NO3S. The highest BCUT2D eigenvalue weighted by molar-refractivity contribution is 7.91. The van der Waals surface area contributed by atoms with Crippen molar-refractivity contribution in [3.05, 3.63) is 0 Å². The molecule has 0 saturated carbocycles. The molecule has 1 unspecified atom stereocenters. The van der Waals surface area contributed by atoms with E-state index in [-0.39, 0.29) is 17.6 Å². The molecule has 0 aliphatic heterocycles. The number of sulfone groups is 1. The van der Waals surface area contributed by atoms with Crippen molar-refractivity contribution in [1.29, 1.82) is 0 Å². The van der Waals surface area contributed by atoms with Gasteiger partial charge in [-0.15, -0.1) is 0 Å². The molecule has 0 fully saturated rings. The molecule has 12 heavy (non-hydrogen) atoms. The number of aliphatic hydroxyl groups is 1. The maximum Gasteiger partial charge on any atom is 0.153 e. The molecule has 5 heteroatoms. The van der Waals surface area contributed by atoms with Gasteiger partial charge in [-0.25, -0.2) is 8.42 Å². The predicted octanol–water partition coefficient (Wildman–Crippen LogP) is -0.479. The minimum absolute atomic E-state index is 0.0602. The zero-order chi connectivity index (χ0) is 9.61. The van der Waals surface area contributed by atoms with Crippen molar-refractivity contribution in [3.63, 3.8) is 0 Å². The lowest BCUT2D eigenvalue weighted by Crippen LogP contribution is -2.24. The van der Waals surface area contributed by atoms with E-state index in [4.69, 9.17) is 10.8 Å². The summed E-state index contributed by atoms with van der Waals surface area (Å²) in [6, 6.07) is 0. The summed E-state index contributed by atoms with van der Waals surface area (Å²) >= 11 is 0. The van der Waals surface area contributed by atoms with E-state index in [2.05, 4.69) is 0 Å². The van der Waals surface area contributed by atoms with Crippen molar-refractivity contribution < 1.29 is 13.5 Å². The molecule has 0 aromatic carbocycles. The summed E-state index contributed by atoms with van der Waals surface area (Å²) in [5.74, 6) is 0.0602. The molecule has 0 aliphatic rings. The molecule has 74 valence electrons. The van der Waals surface area contributed by atoms with Crippen molar-refractivity contribution in [2.45, 2.75) is 25.0 Å². The Morgan fingerprint density at radius 1 is 1.50 bits per heavy atom. The summed E-state index contributed by atoms with van der Waals surface area (Å²) < 4.78 is 22.6. The normalized spacial score (nSPS) is 14.6. The van der Waals surface area contributed by atoms with Crippen molar-refractivity contribution in [3.8, 4) is 0 Å². The Balaban J connectivity index is 4.01. The molecule has 0 aromatic heterocycles. The van der Waals surface area contributed by atoms with Crippen molar-refractivity contribution in [2.75, 3.05) is 18.9 Å². The summed E-state index contributed by atoms with van der Waals surface area (Å²) in [4.78, 5) is 0. The highest BCUT2D eigenvalue weighted by Crippen LogP contribution is 2.06. The van der Waals surface area contributed by atoms with E-state index in [0.717, 1.165) is 0 Å². The minimum Gasteiger partial charge on any atom is -0.396 e. The molecule has 3 N–H and O–H groups in total. The van der Waals surface area contributed by atoms with Crippen LogP contribution >= 0.6 is 0 Å². The van der Waals surface area contributed by atoms with Crippen LogP contribution in [-0.2, 0) is 9.84 Å². The fourth-order valence-corrected chi connectivity index (χ4v) is 2.31. The van der Waals surface area contributed by atoms with E-state index in [1.165, 1.54) is 0 Å². The molecule has 0 spiro atoms. The third-order valence-corrected chi connectivity index (χ3v) is 4.09. The van der Waals surface area contributed by atoms with Crippen LogP contribution in [0.4, 0.5) is 0 Å². The van der Waals surface area contributed by atoms with Crippen LogP contribution in [0.5, 0.6) is 0 Å². The van der Waals surface area contributed by atoms with E-state index in [1.54, 1.807) is 6.92 Å². The average molecular weight is 195 g/mol. The van der Waals surface area contributed by atoms with Gasteiger partial charge in [0.15, 0.2) is 9.84 Å². The van der Waals surface area contributed by atoms with Gasteiger partial charge in [-0.1, -0.05) is 0 Å². The SMILES string of the molecule is CC(CCN)S(=O)(=O)CCCO. The number of nitrogens with two attached hydrogens (primary N) is 1. The van der Waals surface area contributed by atoms with Crippen molar-refractivity contribution >= 4 is 9.84 Å². The molecule has 0 aromatic rings. The lowest BCUT2D eigenvalue weighted by molar-refractivity contribution is 0.295. The zero-order valence-electron chi connectivity index (χ0n) is 7.36. The zero-order valence-corrected chi connectivity index (χ0v) is 8.18. The number of hydrogen-bond acceptors (Lipinski definition) is 4. The largest absolute Gasteiger partial charge is 0.396 e. The molecule has 0 aliphatic carbocycles. The third-order valence-electron chi connectivity index (χ3n) is 1.77. The standard InChI is InChI=1S/C7H17NO3S/c1-7(3-4-8)12(10,11)6-2-5-9/h7,9H,2-6,8H2,1H3. The van der Waals surface area contributed by atoms with Crippen molar-refractivity contribution in [1.82, 2.24) is 0 Å². The van der Waals surface area contributed by atoms with E-state index < -0.39 is 9.84 Å². The Bertz CT molecular complexity index is 201. The fourth-order valence-electron chi connectivity index (χ4n) is 0.881. The van der Waals surface area contributed by atoms with Crippen LogP contribution < -0.4 is 5.73 Å². The second-order valence-electron chi connectivity index (χ2n) is 2.83. The highest BCUT2D eigenvalue weighted by atomic mass is 32.2. The molecule has 0 saturated heterocycles. The second-order valence-corrected chi connectivity index (χ2v) is 5.37.